The molecular formula is C22H23N3O3. The Labute approximate surface area is 164 Å². The molecule has 0 radical (unpaired) electrons. The third-order valence-corrected chi connectivity index (χ3v) is 5.14. The predicted molar refractivity (Wildman–Crippen MR) is 105 cm³/mol. The Bertz CT molecular complexity index is 922. The fourth-order valence-electron chi connectivity index (χ4n) is 3.63. The Hall–Kier alpha value is -3.15. The number of rotatable bonds is 4. The smallest absolute Gasteiger partial charge is 0.273 e. The van der Waals surface area contributed by atoms with E-state index in [0.29, 0.717) is 12.2 Å². The summed E-state index contributed by atoms with van der Waals surface area (Å²) in [6.45, 7) is 0.693. The molecule has 1 atom stereocenters. The van der Waals surface area contributed by atoms with Crippen LogP contribution in [-0.4, -0.2) is 34.6 Å². The van der Waals surface area contributed by atoms with Crippen molar-refractivity contribution in [2.75, 3.05) is 13.7 Å². The summed E-state index contributed by atoms with van der Waals surface area (Å²) in [4.78, 5) is 19.2. The molecule has 0 saturated carbocycles. The maximum absolute atomic E-state index is 13.1. The highest BCUT2D eigenvalue weighted by Gasteiger charge is 2.31. The lowest BCUT2D eigenvalue weighted by Gasteiger charge is -2.27. The first kappa shape index (κ1) is 18.2. The lowest BCUT2D eigenvalue weighted by atomic mass is 10.1. The number of nitrogens with zero attached hydrogens (tertiary/aromatic N) is 3. The molecule has 2 aromatic heterocycles. The summed E-state index contributed by atoms with van der Waals surface area (Å²) in [5.41, 5.74) is 2.17. The van der Waals surface area contributed by atoms with E-state index in [4.69, 9.17) is 9.26 Å². The predicted octanol–water partition coefficient (Wildman–Crippen LogP) is 4.50. The number of methoxy groups -OCH3 is 1. The van der Waals surface area contributed by atoms with Gasteiger partial charge < -0.3 is 14.2 Å². The standard InChI is InChI=1S/C22H23N3O3/c1-27-17-11-9-16(10-12-17)19-15-21(28-24-19)20-8-3-2-6-14-25(20)22(26)18-7-4-5-13-23-18/h4-5,7,9-13,15,20H,2-3,6,8,14H2,1H3/t20-/m1/s1. The van der Waals surface area contributed by atoms with Gasteiger partial charge in [-0.05, 0) is 49.2 Å². The van der Waals surface area contributed by atoms with Gasteiger partial charge in [-0.15, -0.1) is 0 Å². The summed E-state index contributed by atoms with van der Waals surface area (Å²) in [5, 5.41) is 4.24. The number of likely N-dealkylation sites (tertiary alicyclic amines) is 1. The average Bonchev–Trinajstić information content (AvgIpc) is 3.12. The van der Waals surface area contributed by atoms with Crippen LogP contribution in [0.15, 0.2) is 59.3 Å². The van der Waals surface area contributed by atoms with Crippen LogP contribution in [-0.2, 0) is 0 Å². The zero-order chi connectivity index (χ0) is 19.3. The number of pyridine rings is 1. The summed E-state index contributed by atoms with van der Waals surface area (Å²) in [7, 11) is 1.64. The molecule has 1 aliphatic heterocycles. The van der Waals surface area contributed by atoms with Crippen molar-refractivity contribution in [2.24, 2.45) is 0 Å². The first-order valence-electron chi connectivity index (χ1n) is 9.59. The monoisotopic (exact) mass is 377 g/mol. The molecule has 0 bridgehead atoms. The molecule has 1 amide bonds. The van der Waals surface area contributed by atoms with Crippen molar-refractivity contribution in [2.45, 2.75) is 31.7 Å². The van der Waals surface area contributed by atoms with Gasteiger partial charge in [0.25, 0.3) is 5.91 Å². The molecule has 6 heteroatoms. The molecule has 0 N–H and O–H groups in total. The van der Waals surface area contributed by atoms with Crippen molar-refractivity contribution >= 4 is 5.91 Å². The molecule has 1 saturated heterocycles. The Morgan fingerprint density at radius 1 is 1.14 bits per heavy atom. The Balaban J connectivity index is 1.61. The number of carbonyl (C=O) groups is 1. The van der Waals surface area contributed by atoms with E-state index in [1.165, 1.54) is 0 Å². The minimum absolute atomic E-state index is 0.0603. The quantitative estimate of drug-likeness (QED) is 0.669. The van der Waals surface area contributed by atoms with Crippen molar-refractivity contribution in [3.05, 3.63) is 66.2 Å². The van der Waals surface area contributed by atoms with Crippen molar-refractivity contribution in [1.82, 2.24) is 15.0 Å². The van der Waals surface area contributed by atoms with Gasteiger partial charge in [-0.2, -0.15) is 0 Å². The Morgan fingerprint density at radius 2 is 2.00 bits per heavy atom. The molecule has 4 rings (SSSR count). The van der Waals surface area contributed by atoms with Crippen molar-refractivity contribution in [1.29, 1.82) is 0 Å². The lowest BCUT2D eigenvalue weighted by molar-refractivity contribution is 0.0645. The van der Waals surface area contributed by atoms with Crippen molar-refractivity contribution in [3.8, 4) is 17.0 Å². The van der Waals surface area contributed by atoms with E-state index in [1.807, 2.05) is 47.4 Å². The summed E-state index contributed by atoms with van der Waals surface area (Å²) >= 11 is 0. The van der Waals surface area contributed by atoms with Crippen molar-refractivity contribution in [3.63, 3.8) is 0 Å². The fourth-order valence-corrected chi connectivity index (χ4v) is 3.63. The van der Waals surface area contributed by atoms with Crippen molar-refractivity contribution < 1.29 is 14.1 Å². The zero-order valence-corrected chi connectivity index (χ0v) is 15.9. The zero-order valence-electron chi connectivity index (χ0n) is 15.9. The highest BCUT2D eigenvalue weighted by atomic mass is 16.5. The van der Waals surface area contributed by atoms with Crippen LogP contribution in [0.2, 0.25) is 0 Å². The molecule has 0 aliphatic carbocycles. The van der Waals surface area contributed by atoms with E-state index >= 15 is 0 Å². The van der Waals surface area contributed by atoms with E-state index in [2.05, 4.69) is 10.1 Å². The van der Waals surface area contributed by atoms with Crippen LogP contribution in [0.3, 0.4) is 0 Å². The number of aromatic nitrogens is 2. The van der Waals surface area contributed by atoms with Crippen LogP contribution in [0, 0.1) is 0 Å². The summed E-state index contributed by atoms with van der Waals surface area (Å²) < 4.78 is 10.9. The fraction of sp³-hybridized carbons (Fsp3) is 0.318. The van der Waals surface area contributed by atoms with Gasteiger partial charge in [0, 0.05) is 24.4 Å². The molecule has 3 heterocycles. The molecule has 1 aliphatic rings. The van der Waals surface area contributed by atoms with Crippen LogP contribution in [0.5, 0.6) is 5.75 Å². The van der Waals surface area contributed by atoms with Crippen LogP contribution in [0.4, 0.5) is 0 Å². The molecule has 0 unspecified atom stereocenters. The second kappa shape index (κ2) is 8.25. The first-order valence-corrected chi connectivity index (χ1v) is 9.59. The third kappa shape index (κ3) is 3.76. The highest BCUT2D eigenvalue weighted by Crippen LogP contribution is 2.33. The molecule has 3 aromatic rings. The van der Waals surface area contributed by atoms with E-state index in [9.17, 15) is 4.79 Å². The number of ether oxygens (including phenoxy) is 1. The largest absolute Gasteiger partial charge is 0.497 e. The lowest BCUT2D eigenvalue weighted by Crippen LogP contribution is -2.35. The molecular weight excluding hydrogens is 354 g/mol. The normalized spacial score (nSPS) is 17.2. The van der Waals surface area contributed by atoms with Gasteiger partial charge in [-0.1, -0.05) is 24.1 Å². The minimum atomic E-state index is -0.128. The summed E-state index contributed by atoms with van der Waals surface area (Å²) in [6, 6.07) is 14.9. The number of hydrogen-bond donors (Lipinski definition) is 0. The molecule has 144 valence electrons. The summed E-state index contributed by atoms with van der Waals surface area (Å²) in [6.07, 6.45) is 5.64. The minimum Gasteiger partial charge on any atom is -0.497 e. The average molecular weight is 377 g/mol. The van der Waals surface area contributed by atoms with Gasteiger partial charge in [0.05, 0.1) is 13.2 Å². The first-order chi connectivity index (χ1) is 13.8. The van der Waals surface area contributed by atoms with Gasteiger partial charge in [0.1, 0.15) is 17.1 Å². The second-order valence-electron chi connectivity index (χ2n) is 6.92. The van der Waals surface area contributed by atoms with Gasteiger partial charge in [-0.25, -0.2) is 0 Å². The van der Waals surface area contributed by atoms with E-state index in [1.54, 1.807) is 19.4 Å². The highest BCUT2D eigenvalue weighted by molar-refractivity contribution is 5.92. The topological polar surface area (TPSA) is 68.5 Å². The Morgan fingerprint density at radius 3 is 2.75 bits per heavy atom. The van der Waals surface area contributed by atoms with E-state index < -0.39 is 0 Å². The maximum atomic E-state index is 13.1. The van der Waals surface area contributed by atoms with Crippen LogP contribution >= 0.6 is 0 Å². The van der Waals surface area contributed by atoms with Crippen LogP contribution in [0.1, 0.15) is 48.0 Å². The molecule has 28 heavy (non-hydrogen) atoms. The maximum Gasteiger partial charge on any atom is 0.273 e. The molecule has 1 aromatic carbocycles. The molecule has 1 fully saturated rings. The summed E-state index contributed by atoms with van der Waals surface area (Å²) in [5.74, 6) is 1.45. The van der Waals surface area contributed by atoms with Gasteiger partial charge >= 0.3 is 0 Å². The van der Waals surface area contributed by atoms with E-state index in [-0.39, 0.29) is 11.9 Å². The second-order valence-corrected chi connectivity index (χ2v) is 6.92. The Kier molecular flexibility index (Phi) is 5.37. The third-order valence-electron chi connectivity index (χ3n) is 5.14. The van der Waals surface area contributed by atoms with Gasteiger partial charge in [0.2, 0.25) is 0 Å². The van der Waals surface area contributed by atoms with Crippen LogP contribution < -0.4 is 4.74 Å². The van der Waals surface area contributed by atoms with Crippen LogP contribution in [0.25, 0.3) is 11.3 Å². The number of hydrogen-bond acceptors (Lipinski definition) is 5. The number of carbonyl (C=O) groups excluding carboxylic acids is 1. The SMILES string of the molecule is COc1ccc(-c2cc([C@H]3CCCCCN3C(=O)c3ccccn3)on2)cc1. The molecule has 0 spiro atoms. The number of amides is 1. The molecule has 6 nitrogen and oxygen atoms in total. The van der Waals surface area contributed by atoms with E-state index in [0.717, 1.165) is 48.5 Å². The number of benzene rings is 1. The van der Waals surface area contributed by atoms with Gasteiger partial charge in [-0.3, -0.25) is 9.78 Å². The van der Waals surface area contributed by atoms with Gasteiger partial charge in [0.15, 0.2) is 5.76 Å².